The number of rotatable bonds is 45. The van der Waals surface area contributed by atoms with Crippen LogP contribution in [0.5, 0.6) is 0 Å². The fraction of sp³-hybridized carbons (Fsp3) is 0.583. The Morgan fingerprint density at radius 1 is 0.333 bits per heavy atom. The average molecular weight is 911 g/mol. The topological polar surface area (TPSA) is 78.9 Å². The third-order valence-electron chi connectivity index (χ3n) is 10.5. The summed E-state index contributed by atoms with van der Waals surface area (Å²) in [4.78, 5) is 38.0. The van der Waals surface area contributed by atoms with E-state index in [1.807, 2.05) is 0 Å². The van der Waals surface area contributed by atoms with Gasteiger partial charge in [-0.05, 0) is 109 Å². The average Bonchev–Trinajstić information content (AvgIpc) is 3.31. The minimum atomic E-state index is -0.820. The quantitative estimate of drug-likeness (QED) is 0.0199. The first-order chi connectivity index (χ1) is 32.5. The molecule has 0 N–H and O–H groups in total. The largest absolute Gasteiger partial charge is 0.462 e. The Bertz CT molecular complexity index is 1460. The first-order valence-corrected chi connectivity index (χ1v) is 26.3. The van der Waals surface area contributed by atoms with E-state index in [0.717, 1.165) is 135 Å². The molecule has 0 aromatic carbocycles. The van der Waals surface area contributed by atoms with Gasteiger partial charge in [0.05, 0.1) is 0 Å². The van der Waals surface area contributed by atoms with Crippen LogP contribution in [-0.2, 0) is 28.6 Å². The van der Waals surface area contributed by atoms with Gasteiger partial charge in [0, 0.05) is 19.3 Å². The van der Waals surface area contributed by atoms with E-state index in [1.165, 1.54) is 32.1 Å². The van der Waals surface area contributed by atoms with E-state index in [9.17, 15) is 14.4 Å². The molecule has 0 aliphatic rings. The van der Waals surface area contributed by atoms with Crippen LogP contribution in [0.4, 0.5) is 0 Å². The molecular formula is C60H94O6. The number of hydrogen-bond donors (Lipinski definition) is 0. The summed E-state index contributed by atoms with van der Waals surface area (Å²) in [6, 6.07) is 0. The predicted octanol–water partition coefficient (Wildman–Crippen LogP) is 17.5. The molecule has 6 nitrogen and oxygen atoms in total. The van der Waals surface area contributed by atoms with Gasteiger partial charge < -0.3 is 14.2 Å². The maximum Gasteiger partial charge on any atom is 0.306 e. The van der Waals surface area contributed by atoms with Crippen LogP contribution in [0.15, 0.2) is 134 Å². The molecule has 0 heterocycles. The Kier molecular flexibility index (Phi) is 49.6. The summed E-state index contributed by atoms with van der Waals surface area (Å²) >= 11 is 0. The number of ether oxygens (including phenoxy) is 3. The summed E-state index contributed by atoms with van der Waals surface area (Å²) in [5.74, 6) is -1.01. The Hall–Kier alpha value is -4.45. The van der Waals surface area contributed by atoms with Crippen molar-refractivity contribution < 1.29 is 28.6 Å². The minimum Gasteiger partial charge on any atom is -0.462 e. The van der Waals surface area contributed by atoms with Crippen molar-refractivity contribution in [1.29, 1.82) is 0 Å². The van der Waals surface area contributed by atoms with Gasteiger partial charge >= 0.3 is 17.9 Å². The SMILES string of the molecule is CC/C=C\C/C=C\C/C=C\C/C=C\C/C=C\CCCCCC(=O)OCC(COC(=O)CCCCC/C=C\C=C/CCCC)OC(=O)CCCCCCC\C=C/C=C\C=C/C=C\CCCCC. The zero-order valence-electron chi connectivity index (χ0n) is 42.1. The molecule has 0 aliphatic carbocycles. The number of carbonyl (C=O) groups is 3. The highest BCUT2D eigenvalue weighted by atomic mass is 16.6. The molecular weight excluding hydrogens is 817 g/mol. The molecule has 0 bridgehead atoms. The summed E-state index contributed by atoms with van der Waals surface area (Å²) in [5, 5.41) is 0. The Labute approximate surface area is 405 Å². The van der Waals surface area contributed by atoms with Gasteiger partial charge in [-0.15, -0.1) is 0 Å². The van der Waals surface area contributed by atoms with Gasteiger partial charge in [-0.1, -0.05) is 212 Å². The van der Waals surface area contributed by atoms with Gasteiger partial charge in [0.15, 0.2) is 6.10 Å². The van der Waals surface area contributed by atoms with Crippen LogP contribution in [0, 0.1) is 0 Å². The zero-order chi connectivity index (χ0) is 47.9. The van der Waals surface area contributed by atoms with Gasteiger partial charge in [-0.25, -0.2) is 0 Å². The molecule has 0 rings (SSSR count). The van der Waals surface area contributed by atoms with Gasteiger partial charge in [0.2, 0.25) is 0 Å². The lowest BCUT2D eigenvalue weighted by atomic mass is 10.1. The highest BCUT2D eigenvalue weighted by Gasteiger charge is 2.19. The van der Waals surface area contributed by atoms with Crippen LogP contribution in [-0.4, -0.2) is 37.2 Å². The van der Waals surface area contributed by atoms with Crippen LogP contribution < -0.4 is 0 Å². The van der Waals surface area contributed by atoms with E-state index in [0.29, 0.717) is 12.8 Å². The van der Waals surface area contributed by atoms with Gasteiger partial charge in [-0.2, -0.15) is 0 Å². The van der Waals surface area contributed by atoms with E-state index >= 15 is 0 Å². The summed E-state index contributed by atoms with van der Waals surface area (Å²) in [6.07, 6.45) is 74.3. The highest BCUT2D eigenvalue weighted by Crippen LogP contribution is 2.12. The van der Waals surface area contributed by atoms with Crippen LogP contribution in [0.3, 0.4) is 0 Å². The molecule has 66 heavy (non-hydrogen) atoms. The molecule has 0 saturated carbocycles. The monoisotopic (exact) mass is 911 g/mol. The van der Waals surface area contributed by atoms with E-state index in [2.05, 4.69) is 154 Å². The highest BCUT2D eigenvalue weighted by molar-refractivity contribution is 5.71. The van der Waals surface area contributed by atoms with Crippen molar-refractivity contribution in [2.24, 2.45) is 0 Å². The maximum atomic E-state index is 12.8. The first-order valence-electron chi connectivity index (χ1n) is 26.3. The molecule has 0 radical (unpaired) electrons. The van der Waals surface area contributed by atoms with Crippen molar-refractivity contribution in [3.8, 4) is 0 Å². The number of allylic oxidation sites excluding steroid dienone is 22. The molecule has 1 unspecified atom stereocenters. The summed E-state index contributed by atoms with van der Waals surface area (Å²) in [7, 11) is 0. The van der Waals surface area contributed by atoms with Crippen LogP contribution >= 0.6 is 0 Å². The fourth-order valence-corrected chi connectivity index (χ4v) is 6.51. The zero-order valence-corrected chi connectivity index (χ0v) is 42.1. The fourth-order valence-electron chi connectivity index (χ4n) is 6.51. The third kappa shape index (κ3) is 50.5. The van der Waals surface area contributed by atoms with Crippen molar-refractivity contribution in [2.45, 2.75) is 213 Å². The van der Waals surface area contributed by atoms with Gasteiger partial charge in [-0.3, -0.25) is 14.4 Å². The normalized spacial score (nSPS) is 13.2. The molecule has 6 heteroatoms. The van der Waals surface area contributed by atoms with E-state index in [4.69, 9.17) is 14.2 Å². The molecule has 0 saturated heterocycles. The van der Waals surface area contributed by atoms with Gasteiger partial charge in [0.1, 0.15) is 13.2 Å². The molecule has 0 amide bonds. The van der Waals surface area contributed by atoms with Crippen molar-refractivity contribution in [3.05, 3.63) is 134 Å². The standard InChI is InChI=1S/C60H94O6/c1-4-7-10-13-16-19-22-24-26-28-30-32-33-35-38-41-44-47-50-53-59(62)65-56-57(55-64-58(61)52-49-46-43-40-37-21-18-15-12-9-6-3)66-60(63)54-51-48-45-42-39-36-34-31-29-27-25-23-20-17-14-11-8-5-2/h7,10,15-21,23-27,29-32,34-35,37-38,57H,4-6,8-9,11-14,22,28,33,36,39-56H2,1-3H3/b10-7-,18-15-,19-16-,20-17-,25-23-,26-24-,29-27-,32-30-,34-31-,37-21-,38-35-. The van der Waals surface area contributed by atoms with Crippen LogP contribution in [0.1, 0.15) is 207 Å². The number of hydrogen-bond acceptors (Lipinski definition) is 6. The molecule has 1 atom stereocenters. The second kappa shape index (κ2) is 53.2. The summed E-state index contributed by atoms with van der Waals surface area (Å²) < 4.78 is 16.7. The second-order valence-electron chi connectivity index (χ2n) is 16.8. The lowest BCUT2D eigenvalue weighted by molar-refractivity contribution is -0.167. The first kappa shape index (κ1) is 61.5. The van der Waals surface area contributed by atoms with Crippen molar-refractivity contribution >= 4 is 17.9 Å². The lowest BCUT2D eigenvalue weighted by Crippen LogP contribution is -2.30. The third-order valence-corrected chi connectivity index (χ3v) is 10.5. The summed E-state index contributed by atoms with van der Waals surface area (Å²) in [5.41, 5.74) is 0. The molecule has 0 fully saturated rings. The Balaban J connectivity index is 4.53. The van der Waals surface area contributed by atoms with E-state index in [1.54, 1.807) is 0 Å². The Morgan fingerprint density at radius 2 is 0.667 bits per heavy atom. The molecule has 0 aromatic heterocycles. The smallest absolute Gasteiger partial charge is 0.306 e. The second-order valence-corrected chi connectivity index (χ2v) is 16.8. The van der Waals surface area contributed by atoms with E-state index in [-0.39, 0.29) is 37.5 Å². The summed E-state index contributed by atoms with van der Waals surface area (Å²) in [6.45, 7) is 6.34. The molecule has 0 spiro atoms. The maximum absolute atomic E-state index is 12.8. The number of unbranched alkanes of at least 4 members (excludes halogenated alkanes) is 16. The number of carbonyl (C=O) groups excluding carboxylic acids is 3. The number of esters is 3. The molecule has 370 valence electrons. The molecule has 0 aliphatic heterocycles. The van der Waals surface area contributed by atoms with Crippen molar-refractivity contribution in [2.75, 3.05) is 13.2 Å². The predicted molar refractivity (Wildman–Crippen MR) is 283 cm³/mol. The molecule has 0 aromatic rings. The Morgan fingerprint density at radius 3 is 1.14 bits per heavy atom. The van der Waals surface area contributed by atoms with Crippen molar-refractivity contribution in [1.82, 2.24) is 0 Å². The lowest BCUT2D eigenvalue weighted by Gasteiger charge is -2.18. The van der Waals surface area contributed by atoms with Gasteiger partial charge in [0.25, 0.3) is 0 Å². The van der Waals surface area contributed by atoms with E-state index < -0.39 is 6.10 Å². The van der Waals surface area contributed by atoms with Crippen molar-refractivity contribution in [3.63, 3.8) is 0 Å². The minimum absolute atomic E-state index is 0.118. The van der Waals surface area contributed by atoms with Crippen LogP contribution in [0.2, 0.25) is 0 Å². The van der Waals surface area contributed by atoms with Crippen LogP contribution in [0.25, 0.3) is 0 Å².